The van der Waals surface area contributed by atoms with Crippen molar-refractivity contribution in [1.82, 2.24) is 15.0 Å². The standard InChI is InChI=1S/C22H18FN3OS/c1-12-6-4-5-7-15(12)17-11-18-19(16-9-8-14(23)10-13(16)2)24-22(28-3)26-20(18)25-21(17)27/h4-11H,1-3H3,(H,24,25,26,27). The lowest BCUT2D eigenvalue weighted by Gasteiger charge is -2.12. The minimum atomic E-state index is -0.293. The van der Waals surface area contributed by atoms with Gasteiger partial charge in [-0.2, -0.15) is 0 Å². The van der Waals surface area contributed by atoms with Crippen molar-refractivity contribution in [3.63, 3.8) is 0 Å². The second kappa shape index (κ2) is 7.20. The summed E-state index contributed by atoms with van der Waals surface area (Å²) in [6, 6.07) is 14.2. The lowest BCUT2D eigenvalue weighted by molar-refractivity contribution is 0.627. The van der Waals surface area contributed by atoms with Crippen LogP contribution in [0.3, 0.4) is 0 Å². The van der Waals surface area contributed by atoms with Crippen molar-refractivity contribution in [3.8, 4) is 22.4 Å². The molecule has 0 aliphatic heterocycles. The number of nitrogens with zero attached hydrogens (tertiary/aromatic N) is 2. The van der Waals surface area contributed by atoms with Gasteiger partial charge in [-0.25, -0.2) is 14.4 Å². The first-order chi connectivity index (χ1) is 13.5. The first-order valence-electron chi connectivity index (χ1n) is 8.79. The number of halogens is 1. The van der Waals surface area contributed by atoms with Crippen LogP contribution in [-0.4, -0.2) is 21.2 Å². The van der Waals surface area contributed by atoms with Crippen molar-refractivity contribution < 1.29 is 4.39 Å². The first kappa shape index (κ1) is 18.4. The molecule has 4 rings (SSSR count). The molecule has 0 bridgehead atoms. The summed E-state index contributed by atoms with van der Waals surface area (Å²) in [4.78, 5) is 24.8. The average molecular weight is 391 g/mol. The van der Waals surface area contributed by atoms with Crippen molar-refractivity contribution >= 4 is 22.8 Å². The Morgan fingerprint density at radius 2 is 1.71 bits per heavy atom. The van der Waals surface area contributed by atoms with E-state index in [4.69, 9.17) is 0 Å². The van der Waals surface area contributed by atoms with E-state index >= 15 is 0 Å². The third-order valence-corrected chi connectivity index (χ3v) is 5.30. The SMILES string of the molecule is CSc1nc(-c2ccc(F)cc2C)c2cc(-c3ccccc3C)c(=O)[nH]c2n1. The van der Waals surface area contributed by atoms with Crippen molar-refractivity contribution in [1.29, 1.82) is 0 Å². The van der Waals surface area contributed by atoms with Crippen molar-refractivity contribution in [2.24, 2.45) is 0 Å². The normalized spacial score (nSPS) is 11.1. The Morgan fingerprint density at radius 1 is 0.929 bits per heavy atom. The van der Waals surface area contributed by atoms with E-state index in [1.54, 1.807) is 6.07 Å². The van der Waals surface area contributed by atoms with Crippen LogP contribution in [0.2, 0.25) is 0 Å². The van der Waals surface area contributed by atoms with Gasteiger partial charge in [-0.3, -0.25) is 4.79 Å². The maximum absolute atomic E-state index is 13.6. The molecular formula is C22H18FN3OS. The third kappa shape index (κ3) is 3.20. The smallest absolute Gasteiger partial charge is 0.257 e. The molecule has 0 aliphatic carbocycles. The average Bonchev–Trinajstić information content (AvgIpc) is 2.67. The van der Waals surface area contributed by atoms with Gasteiger partial charge in [-0.05, 0) is 61.1 Å². The van der Waals surface area contributed by atoms with E-state index in [9.17, 15) is 9.18 Å². The number of H-pyrrole nitrogens is 1. The number of rotatable bonds is 3. The number of aryl methyl sites for hydroxylation is 2. The molecule has 2 aromatic carbocycles. The molecule has 28 heavy (non-hydrogen) atoms. The molecule has 0 aliphatic rings. The monoisotopic (exact) mass is 391 g/mol. The molecule has 2 heterocycles. The highest BCUT2D eigenvalue weighted by atomic mass is 32.2. The molecule has 140 valence electrons. The lowest BCUT2D eigenvalue weighted by atomic mass is 9.98. The van der Waals surface area contributed by atoms with Crippen LogP contribution in [0, 0.1) is 19.7 Å². The Bertz CT molecular complexity index is 1270. The largest absolute Gasteiger partial charge is 0.306 e. The number of aromatic amines is 1. The summed E-state index contributed by atoms with van der Waals surface area (Å²) >= 11 is 1.39. The molecule has 0 amide bonds. The Morgan fingerprint density at radius 3 is 2.43 bits per heavy atom. The van der Waals surface area contributed by atoms with E-state index in [1.807, 2.05) is 50.4 Å². The quantitative estimate of drug-likeness (QED) is 0.388. The zero-order valence-electron chi connectivity index (χ0n) is 15.7. The Kier molecular flexibility index (Phi) is 4.73. The number of hydrogen-bond donors (Lipinski definition) is 1. The van der Waals surface area contributed by atoms with E-state index < -0.39 is 0 Å². The molecule has 0 saturated heterocycles. The van der Waals surface area contributed by atoms with Crippen LogP contribution in [0.5, 0.6) is 0 Å². The molecule has 2 aromatic heterocycles. The van der Waals surface area contributed by atoms with Gasteiger partial charge in [0.1, 0.15) is 11.5 Å². The number of aromatic nitrogens is 3. The predicted molar refractivity (Wildman–Crippen MR) is 112 cm³/mol. The van der Waals surface area contributed by atoms with E-state index in [1.165, 1.54) is 23.9 Å². The van der Waals surface area contributed by atoms with Gasteiger partial charge >= 0.3 is 0 Å². The first-order valence-corrected chi connectivity index (χ1v) is 10.0. The van der Waals surface area contributed by atoms with Crippen molar-refractivity contribution in [2.75, 3.05) is 6.26 Å². The number of nitrogens with one attached hydrogen (secondary N) is 1. The number of benzene rings is 2. The van der Waals surface area contributed by atoms with Crippen LogP contribution in [0.1, 0.15) is 11.1 Å². The lowest BCUT2D eigenvalue weighted by Crippen LogP contribution is -2.11. The van der Waals surface area contributed by atoms with E-state index in [0.29, 0.717) is 22.1 Å². The third-order valence-electron chi connectivity index (χ3n) is 4.75. The summed E-state index contributed by atoms with van der Waals surface area (Å²) in [6.45, 7) is 3.82. The van der Waals surface area contributed by atoms with Crippen molar-refractivity contribution in [2.45, 2.75) is 19.0 Å². The van der Waals surface area contributed by atoms with Crippen LogP contribution in [0.15, 0.2) is 58.5 Å². The highest BCUT2D eigenvalue weighted by Gasteiger charge is 2.16. The van der Waals surface area contributed by atoms with Gasteiger partial charge in [0.2, 0.25) is 0 Å². The molecule has 0 fully saturated rings. The van der Waals surface area contributed by atoms with Gasteiger partial charge in [-0.1, -0.05) is 36.0 Å². The van der Waals surface area contributed by atoms with Crippen LogP contribution in [-0.2, 0) is 0 Å². The van der Waals surface area contributed by atoms with Crippen molar-refractivity contribution in [3.05, 3.63) is 75.8 Å². The highest BCUT2D eigenvalue weighted by molar-refractivity contribution is 7.98. The Hall–Kier alpha value is -2.99. The topological polar surface area (TPSA) is 58.6 Å². The molecule has 0 spiro atoms. The number of pyridine rings is 1. The molecule has 4 nitrogen and oxygen atoms in total. The minimum absolute atomic E-state index is 0.200. The molecule has 4 aromatic rings. The van der Waals surface area contributed by atoms with E-state index in [-0.39, 0.29) is 11.4 Å². The Labute approximate surface area is 165 Å². The van der Waals surface area contributed by atoms with Crippen LogP contribution in [0.4, 0.5) is 4.39 Å². The van der Waals surface area contributed by atoms with Crippen LogP contribution < -0.4 is 5.56 Å². The fraction of sp³-hybridized carbons (Fsp3) is 0.136. The molecular weight excluding hydrogens is 373 g/mol. The highest BCUT2D eigenvalue weighted by Crippen LogP contribution is 2.32. The van der Waals surface area contributed by atoms with Gasteiger partial charge in [0.25, 0.3) is 5.56 Å². The van der Waals surface area contributed by atoms with Gasteiger partial charge in [0, 0.05) is 16.5 Å². The fourth-order valence-corrected chi connectivity index (χ4v) is 3.70. The molecule has 1 N–H and O–H groups in total. The van der Waals surface area contributed by atoms with Crippen LogP contribution in [0.25, 0.3) is 33.4 Å². The number of fused-ring (bicyclic) bond motifs is 1. The Balaban J connectivity index is 2.07. The van der Waals surface area contributed by atoms with Gasteiger partial charge < -0.3 is 4.98 Å². The second-order valence-electron chi connectivity index (χ2n) is 6.61. The zero-order valence-corrected chi connectivity index (χ0v) is 16.5. The summed E-state index contributed by atoms with van der Waals surface area (Å²) < 4.78 is 13.6. The summed E-state index contributed by atoms with van der Waals surface area (Å²) in [5.41, 5.74) is 4.97. The van der Waals surface area contributed by atoms with Crippen LogP contribution >= 0.6 is 11.8 Å². The summed E-state index contributed by atoms with van der Waals surface area (Å²) in [5, 5.41) is 1.27. The summed E-state index contributed by atoms with van der Waals surface area (Å²) in [5.74, 6) is -0.293. The van der Waals surface area contributed by atoms with E-state index in [0.717, 1.165) is 27.6 Å². The van der Waals surface area contributed by atoms with Gasteiger partial charge in [-0.15, -0.1) is 0 Å². The van der Waals surface area contributed by atoms with Gasteiger partial charge in [0.05, 0.1) is 5.69 Å². The molecule has 6 heteroatoms. The summed E-state index contributed by atoms with van der Waals surface area (Å²) in [7, 11) is 0. The van der Waals surface area contributed by atoms with Gasteiger partial charge in [0.15, 0.2) is 5.16 Å². The fourth-order valence-electron chi connectivity index (χ4n) is 3.33. The molecule has 0 saturated carbocycles. The van der Waals surface area contributed by atoms with E-state index in [2.05, 4.69) is 15.0 Å². The maximum atomic E-state index is 13.6. The molecule has 0 unspecified atom stereocenters. The molecule has 0 radical (unpaired) electrons. The second-order valence-corrected chi connectivity index (χ2v) is 7.38. The molecule has 0 atom stereocenters. The minimum Gasteiger partial charge on any atom is -0.306 e. The maximum Gasteiger partial charge on any atom is 0.257 e. The predicted octanol–water partition coefficient (Wildman–Crippen LogP) is 5.13. The summed E-state index contributed by atoms with van der Waals surface area (Å²) in [6.07, 6.45) is 1.88. The zero-order chi connectivity index (χ0) is 19.8. The number of hydrogen-bond acceptors (Lipinski definition) is 4. The number of thioether (sulfide) groups is 1.